The molecule has 0 aliphatic heterocycles. The van der Waals surface area contributed by atoms with Crippen LogP contribution in [-0.2, 0) is 4.79 Å². The second kappa shape index (κ2) is 4.44. The monoisotopic (exact) mass is 288 g/mol. The SMILES string of the molecule is C[C@]12CCCCC1=CC[C@@H]1[C@H]2C(O)C[C@]2(C)C(=O)CC[C@@H]12. The quantitative estimate of drug-likeness (QED) is 0.687. The first-order valence-electron chi connectivity index (χ1n) is 8.88. The van der Waals surface area contributed by atoms with Crippen molar-refractivity contribution in [2.75, 3.05) is 0 Å². The lowest BCUT2D eigenvalue weighted by molar-refractivity contribution is -0.144. The molecule has 0 aromatic rings. The summed E-state index contributed by atoms with van der Waals surface area (Å²) in [7, 11) is 0. The van der Waals surface area contributed by atoms with E-state index in [4.69, 9.17) is 0 Å². The fraction of sp³-hybridized carbons (Fsp3) is 0.842. The van der Waals surface area contributed by atoms with Crippen LogP contribution >= 0.6 is 0 Å². The predicted molar refractivity (Wildman–Crippen MR) is 82.7 cm³/mol. The molecule has 0 aromatic heterocycles. The number of carbonyl (C=O) groups excluding carboxylic acids is 1. The molecule has 0 saturated heterocycles. The van der Waals surface area contributed by atoms with Gasteiger partial charge in [-0.3, -0.25) is 4.79 Å². The molecule has 2 nitrogen and oxygen atoms in total. The van der Waals surface area contributed by atoms with Gasteiger partial charge in [-0.2, -0.15) is 0 Å². The summed E-state index contributed by atoms with van der Waals surface area (Å²) >= 11 is 0. The lowest BCUT2D eigenvalue weighted by Gasteiger charge is -2.58. The number of rotatable bonds is 0. The van der Waals surface area contributed by atoms with E-state index in [-0.39, 0.29) is 16.9 Å². The summed E-state index contributed by atoms with van der Waals surface area (Å²) in [4.78, 5) is 12.4. The van der Waals surface area contributed by atoms with Gasteiger partial charge >= 0.3 is 0 Å². The van der Waals surface area contributed by atoms with Gasteiger partial charge in [0.2, 0.25) is 0 Å². The summed E-state index contributed by atoms with van der Waals surface area (Å²) in [6.07, 6.45) is 10.9. The minimum atomic E-state index is -0.287. The van der Waals surface area contributed by atoms with Gasteiger partial charge in [0.05, 0.1) is 6.10 Å². The standard InChI is InChI=1S/C19H28O2/c1-18-10-4-3-5-12(18)6-7-13-14-8-9-16(21)19(14,2)11-15(20)17(13)18/h6,13-15,17,20H,3-5,7-11H2,1-2H3/t13-,14-,15?,17-,18-,19-/m0/s1. The van der Waals surface area contributed by atoms with E-state index >= 15 is 0 Å². The maximum atomic E-state index is 12.4. The van der Waals surface area contributed by atoms with E-state index in [2.05, 4.69) is 19.9 Å². The first-order chi connectivity index (χ1) is 9.97. The smallest absolute Gasteiger partial charge is 0.139 e. The first kappa shape index (κ1) is 14.0. The van der Waals surface area contributed by atoms with Crippen LogP contribution in [0.15, 0.2) is 11.6 Å². The highest BCUT2D eigenvalue weighted by atomic mass is 16.3. The van der Waals surface area contributed by atoms with Crippen LogP contribution in [0, 0.1) is 28.6 Å². The molecule has 0 amide bonds. The molecule has 116 valence electrons. The molecule has 4 aliphatic carbocycles. The number of allylic oxidation sites excluding steroid dienone is 2. The molecule has 4 aliphatic rings. The second-order valence-electron chi connectivity index (χ2n) is 8.54. The van der Waals surface area contributed by atoms with E-state index in [0.29, 0.717) is 30.0 Å². The van der Waals surface area contributed by atoms with Gasteiger partial charge in [0.25, 0.3) is 0 Å². The third-order valence-electron chi connectivity index (χ3n) is 7.66. The van der Waals surface area contributed by atoms with Crippen LogP contribution < -0.4 is 0 Å². The van der Waals surface area contributed by atoms with E-state index in [1.807, 2.05) is 0 Å². The van der Waals surface area contributed by atoms with E-state index in [1.165, 1.54) is 25.7 Å². The van der Waals surface area contributed by atoms with Crippen LogP contribution in [0.5, 0.6) is 0 Å². The van der Waals surface area contributed by atoms with Crippen LogP contribution in [-0.4, -0.2) is 17.0 Å². The van der Waals surface area contributed by atoms with Crippen molar-refractivity contribution in [3.63, 3.8) is 0 Å². The van der Waals surface area contributed by atoms with Gasteiger partial charge < -0.3 is 5.11 Å². The molecule has 3 fully saturated rings. The zero-order chi connectivity index (χ0) is 14.8. The molecule has 1 N–H and O–H groups in total. The number of Topliss-reactive ketones (excluding diaryl/α,β-unsaturated/α-hetero) is 1. The fourth-order valence-electron chi connectivity index (χ4n) is 6.60. The number of carbonyl (C=O) groups is 1. The molecule has 1 unspecified atom stereocenters. The van der Waals surface area contributed by atoms with Crippen molar-refractivity contribution in [2.24, 2.45) is 28.6 Å². The van der Waals surface area contributed by atoms with Crippen molar-refractivity contribution in [3.05, 3.63) is 11.6 Å². The van der Waals surface area contributed by atoms with Crippen molar-refractivity contribution in [2.45, 2.75) is 71.3 Å². The van der Waals surface area contributed by atoms with Crippen molar-refractivity contribution < 1.29 is 9.90 Å². The van der Waals surface area contributed by atoms with Gasteiger partial charge in [0.15, 0.2) is 0 Å². The summed E-state index contributed by atoms with van der Waals surface area (Å²) in [5.41, 5.74) is 1.58. The Bertz CT molecular complexity index is 508. The van der Waals surface area contributed by atoms with Gasteiger partial charge in [-0.05, 0) is 61.7 Å². The Labute approximate surface area is 128 Å². The van der Waals surface area contributed by atoms with E-state index in [1.54, 1.807) is 5.57 Å². The Kier molecular flexibility index (Phi) is 2.96. The van der Waals surface area contributed by atoms with E-state index in [0.717, 1.165) is 19.3 Å². The summed E-state index contributed by atoms with van der Waals surface area (Å²) in [6.45, 7) is 4.53. The molecular weight excluding hydrogens is 260 g/mol. The molecule has 0 spiro atoms. The van der Waals surface area contributed by atoms with Gasteiger partial charge in [-0.25, -0.2) is 0 Å². The summed E-state index contributed by atoms with van der Waals surface area (Å²) in [6, 6.07) is 0. The van der Waals surface area contributed by atoms with Gasteiger partial charge in [-0.15, -0.1) is 0 Å². The van der Waals surface area contributed by atoms with Crippen LogP contribution in [0.4, 0.5) is 0 Å². The van der Waals surface area contributed by atoms with Crippen LogP contribution in [0.25, 0.3) is 0 Å². The Morgan fingerprint density at radius 1 is 1.19 bits per heavy atom. The summed E-state index contributed by atoms with van der Waals surface area (Å²) in [5.74, 6) is 1.84. The molecule has 4 rings (SSSR count). The minimum Gasteiger partial charge on any atom is -0.393 e. The maximum absolute atomic E-state index is 12.4. The Morgan fingerprint density at radius 3 is 2.81 bits per heavy atom. The fourth-order valence-corrected chi connectivity index (χ4v) is 6.60. The third-order valence-corrected chi connectivity index (χ3v) is 7.66. The summed E-state index contributed by atoms with van der Waals surface area (Å²) < 4.78 is 0. The van der Waals surface area contributed by atoms with Crippen LogP contribution in [0.1, 0.15) is 65.2 Å². The number of ketones is 1. The average molecular weight is 288 g/mol. The highest BCUT2D eigenvalue weighted by molar-refractivity contribution is 5.87. The lowest BCUT2D eigenvalue weighted by Crippen LogP contribution is -2.55. The predicted octanol–water partition coefficient (Wildman–Crippen LogP) is 3.88. The molecular formula is C19H28O2. The Balaban J connectivity index is 1.76. The molecule has 21 heavy (non-hydrogen) atoms. The number of hydrogen-bond donors (Lipinski definition) is 1. The lowest BCUT2D eigenvalue weighted by atomic mass is 9.47. The average Bonchev–Trinajstić information content (AvgIpc) is 2.73. The van der Waals surface area contributed by atoms with E-state index < -0.39 is 0 Å². The highest BCUT2D eigenvalue weighted by Crippen LogP contribution is 2.63. The van der Waals surface area contributed by atoms with Crippen molar-refractivity contribution >= 4 is 5.78 Å². The van der Waals surface area contributed by atoms with Gasteiger partial charge in [0.1, 0.15) is 5.78 Å². The number of hydrogen-bond acceptors (Lipinski definition) is 2. The van der Waals surface area contributed by atoms with Gasteiger partial charge in [-0.1, -0.05) is 31.9 Å². The first-order valence-corrected chi connectivity index (χ1v) is 8.88. The number of aliphatic hydroxyl groups is 1. The zero-order valence-electron chi connectivity index (χ0n) is 13.4. The molecule has 0 aromatic carbocycles. The maximum Gasteiger partial charge on any atom is 0.139 e. The van der Waals surface area contributed by atoms with Crippen molar-refractivity contribution in [3.8, 4) is 0 Å². The van der Waals surface area contributed by atoms with Crippen molar-refractivity contribution in [1.82, 2.24) is 0 Å². The topological polar surface area (TPSA) is 37.3 Å². The number of aliphatic hydroxyl groups excluding tert-OH is 1. The largest absolute Gasteiger partial charge is 0.393 e. The molecule has 0 radical (unpaired) electrons. The molecule has 0 bridgehead atoms. The highest BCUT2D eigenvalue weighted by Gasteiger charge is 2.61. The Hall–Kier alpha value is -0.630. The molecule has 6 atom stereocenters. The Morgan fingerprint density at radius 2 is 2.00 bits per heavy atom. The minimum absolute atomic E-state index is 0.202. The second-order valence-corrected chi connectivity index (χ2v) is 8.54. The number of fused-ring (bicyclic) bond motifs is 5. The summed E-state index contributed by atoms with van der Waals surface area (Å²) in [5, 5.41) is 11.0. The molecule has 3 saturated carbocycles. The molecule has 2 heteroatoms. The van der Waals surface area contributed by atoms with Crippen molar-refractivity contribution in [1.29, 1.82) is 0 Å². The molecule has 0 heterocycles. The van der Waals surface area contributed by atoms with Gasteiger partial charge in [0, 0.05) is 11.8 Å². The van der Waals surface area contributed by atoms with Crippen LogP contribution in [0.3, 0.4) is 0 Å². The normalized spacial score (nSPS) is 52.7. The zero-order valence-corrected chi connectivity index (χ0v) is 13.4. The third kappa shape index (κ3) is 1.72. The van der Waals surface area contributed by atoms with Crippen LogP contribution in [0.2, 0.25) is 0 Å². The van der Waals surface area contributed by atoms with E-state index in [9.17, 15) is 9.90 Å².